The van der Waals surface area contributed by atoms with Crippen molar-refractivity contribution < 1.29 is 0 Å². The molecule has 0 bridgehead atoms. The molecular weight excluding hydrogens is 210 g/mol. The fourth-order valence-corrected chi connectivity index (χ4v) is 2.72. The van der Waals surface area contributed by atoms with Crippen LogP contribution >= 0.6 is 0 Å². The van der Waals surface area contributed by atoms with Gasteiger partial charge in [-0.15, -0.1) is 0 Å². The molecule has 1 aliphatic rings. The number of aromatic nitrogens is 2. The fraction of sp³-hybridized carbons (Fsp3) is 0.786. The molecule has 1 N–H and O–H groups in total. The predicted molar refractivity (Wildman–Crippen MR) is 70.9 cm³/mol. The Morgan fingerprint density at radius 3 is 2.71 bits per heavy atom. The van der Waals surface area contributed by atoms with Crippen molar-refractivity contribution in [1.82, 2.24) is 15.1 Å². The minimum absolute atomic E-state index is 0.565. The summed E-state index contributed by atoms with van der Waals surface area (Å²) in [6, 6.07) is 3.45. The van der Waals surface area contributed by atoms with Crippen LogP contribution < -0.4 is 5.32 Å². The molecule has 0 radical (unpaired) electrons. The molecule has 96 valence electrons. The number of rotatable bonds is 6. The molecule has 0 saturated heterocycles. The number of hydrogen-bond donors (Lipinski definition) is 1. The fourth-order valence-electron chi connectivity index (χ4n) is 2.72. The van der Waals surface area contributed by atoms with E-state index in [2.05, 4.69) is 41.2 Å². The lowest BCUT2D eigenvalue weighted by molar-refractivity contribution is 0.422. The summed E-state index contributed by atoms with van der Waals surface area (Å²) < 4.78 is 2.13. The molecule has 3 nitrogen and oxygen atoms in total. The smallest absolute Gasteiger partial charge is 0.0762 e. The molecule has 1 aliphatic carbocycles. The van der Waals surface area contributed by atoms with E-state index in [1.165, 1.54) is 31.4 Å². The Balaban J connectivity index is 1.84. The Hall–Kier alpha value is -0.830. The summed E-state index contributed by atoms with van der Waals surface area (Å²) in [6.45, 7) is 5.39. The van der Waals surface area contributed by atoms with Crippen molar-refractivity contribution in [2.45, 2.75) is 71.0 Å². The first kappa shape index (κ1) is 12.6. The maximum absolute atomic E-state index is 4.67. The molecule has 0 amide bonds. The molecule has 0 aliphatic heterocycles. The van der Waals surface area contributed by atoms with Gasteiger partial charge in [-0.3, -0.25) is 4.68 Å². The lowest BCUT2D eigenvalue weighted by Crippen LogP contribution is -2.25. The Morgan fingerprint density at radius 2 is 2.06 bits per heavy atom. The van der Waals surface area contributed by atoms with Crippen molar-refractivity contribution >= 4 is 0 Å². The molecule has 0 atom stereocenters. The Bertz CT molecular complexity index is 322. The summed E-state index contributed by atoms with van der Waals surface area (Å²) in [5.41, 5.74) is 1.18. The molecule has 0 aromatic carbocycles. The highest BCUT2D eigenvalue weighted by Gasteiger charge is 2.14. The van der Waals surface area contributed by atoms with Crippen LogP contribution in [0.4, 0.5) is 0 Å². The van der Waals surface area contributed by atoms with E-state index in [0.717, 1.165) is 25.4 Å². The molecule has 1 fully saturated rings. The minimum atomic E-state index is 0.565. The zero-order chi connectivity index (χ0) is 12.1. The first-order chi connectivity index (χ1) is 8.33. The summed E-state index contributed by atoms with van der Waals surface area (Å²) in [7, 11) is 0. The molecule has 1 heterocycles. The number of nitrogens with zero attached hydrogens (tertiary/aromatic N) is 2. The molecular formula is C14H25N3. The Labute approximate surface area is 105 Å². The summed E-state index contributed by atoms with van der Waals surface area (Å²) in [6.07, 6.45) is 9.91. The first-order valence-electron chi connectivity index (χ1n) is 7.11. The van der Waals surface area contributed by atoms with Crippen LogP contribution in [0.15, 0.2) is 12.3 Å². The van der Waals surface area contributed by atoms with Crippen molar-refractivity contribution in [2.75, 3.05) is 0 Å². The van der Waals surface area contributed by atoms with Crippen LogP contribution in [0.5, 0.6) is 0 Å². The molecule has 17 heavy (non-hydrogen) atoms. The third kappa shape index (κ3) is 3.32. The summed E-state index contributed by atoms with van der Waals surface area (Å²) in [4.78, 5) is 0. The molecule has 1 aromatic rings. The second-order valence-electron chi connectivity index (χ2n) is 5.12. The molecule has 3 heteroatoms. The number of hydrogen-bond acceptors (Lipinski definition) is 2. The van der Waals surface area contributed by atoms with Gasteiger partial charge in [-0.2, -0.15) is 5.10 Å². The predicted octanol–water partition coefficient (Wildman–Crippen LogP) is 3.28. The van der Waals surface area contributed by atoms with E-state index in [0.29, 0.717) is 6.04 Å². The second-order valence-corrected chi connectivity index (χ2v) is 5.12. The molecule has 2 rings (SSSR count). The van der Waals surface area contributed by atoms with Gasteiger partial charge < -0.3 is 5.32 Å². The van der Waals surface area contributed by atoms with Gasteiger partial charge in [0, 0.05) is 18.8 Å². The summed E-state index contributed by atoms with van der Waals surface area (Å²) >= 11 is 0. The van der Waals surface area contributed by atoms with E-state index in [4.69, 9.17) is 0 Å². The summed E-state index contributed by atoms with van der Waals surface area (Å²) in [5, 5.41) is 8.28. The van der Waals surface area contributed by atoms with Crippen LogP contribution in [0.2, 0.25) is 0 Å². The van der Waals surface area contributed by atoms with Crippen molar-refractivity contribution in [3.8, 4) is 0 Å². The molecule has 0 spiro atoms. The summed E-state index contributed by atoms with van der Waals surface area (Å²) in [5.74, 6) is 0. The van der Waals surface area contributed by atoms with Gasteiger partial charge in [0.1, 0.15) is 0 Å². The topological polar surface area (TPSA) is 29.9 Å². The van der Waals surface area contributed by atoms with Gasteiger partial charge in [0.05, 0.1) is 11.7 Å². The highest BCUT2D eigenvalue weighted by molar-refractivity contribution is 5.00. The zero-order valence-corrected chi connectivity index (χ0v) is 11.2. The van der Waals surface area contributed by atoms with Gasteiger partial charge in [0.15, 0.2) is 0 Å². The van der Waals surface area contributed by atoms with E-state index in [1.807, 2.05) is 0 Å². The normalized spacial score (nSPS) is 17.1. The van der Waals surface area contributed by atoms with Gasteiger partial charge in [0.2, 0.25) is 0 Å². The zero-order valence-electron chi connectivity index (χ0n) is 11.2. The standard InChI is InChI=1S/C14H25N3/c1-3-14(4-2)17-10-9-13(16-17)11-15-12-7-5-6-8-12/h9-10,12,14-15H,3-8,11H2,1-2H3. The third-order valence-electron chi connectivity index (χ3n) is 3.91. The van der Waals surface area contributed by atoms with E-state index in [-0.39, 0.29) is 0 Å². The van der Waals surface area contributed by atoms with Crippen LogP contribution in [-0.4, -0.2) is 15.8 Å². The van der Waals surface area contributed by atoms with Crippen LogP contribution in [0.3, 0.4) is 0 Å². The maximum Gasteiger partial charge on any atom is 0.0762 e. The van der Waals surface area contributed by atoms with Crippen molar-refractivity contribution in [1.29, 1.82) is 0 Å². The first-order valence-corrected chi connectivity index (χ1v) is 7.11. The lowest BCUT2D eigenvalue weighted by Gasteiger charge is -2.13. The van der Waals surface area contributed by atoms with Crippen LogP contribution in [0.1, 0.15) is 64.1 Å². The maximum atomic E-state index is 4.67. The quantitative estimate of drug-likeness (QED) is 0.820. The lowest BCUT2D eigenvalue weighted by atomic mass is 10.2. The van der Waals surface area contributed by atoms with Gasteiger partial charge in [-0.1, -0.05) is 26.7 Å². The van der Waals surface area contributed by atoms with E-state index in [1.54, 1.807) is 0 Å². The Morgan fingerprint density at radius 1 is 1.35 bits per heavy atom. The van der Waals surface area contributed by atoms with E-state index in [9.17, 15) is 0 Å². The molecule has 0 unspecified atom stereocenters. The van der Waals surface area contributed by atoms with Crippen molar-refractivity contribution in [3.05, 3.63) is 18.0 Å². The molecule has 1 saturated carbocycles. The average Bonchev–Trinajstić information content (AvgIpc) is 2.99. The second kappa shape index (κ2) is 6.20. The SMILES string of the molecule is CCC(CC)n1ccc(CNC2CCCC2)n1. The van der Waals surface area contributed by atoms with Crippen LogP contribution in [0.25, 0.3) is 0 Å². The van der Waals surface area contributed by atoms with Crippen molar-refractivity contribution in [3.63, 3.8) is 0 Å². The van der Waals surface area contributed by atoms with Gasteiger partial charge in [-0.05, 0) is 31.7 Å². The highest BCUT2D eigenvalue weighted by atomic mass is 15.3. The highest BCUT2D eigenvalue weighted by Crippen LogP contribution is 2.18. The third-order valence-corrected chi connectivity index (χ3v) is 3.91. The van der Waals surface area contributed by atoms with Crippen LogP contribution in [0, 0.1) is 0 Å². The largest absolute Gasteiger partial charge is 0.308 e. The van der Waals surface area contributed by atoms with Crippen molar-refractivity contribution in [2.24, 2.45) is 0 Å². The average molecular weight is 235 g/mol. The Kier molecular flexibility index (Phi) is 4.60. The van der Waals surface area contributed by atoms with Gasteiger partial charge in [0.25, 0.3) is 0 Å². The van der Waals surface area contributed by atoms with Gasteiger partial charge in [-0.25, -0.2) is 0 Å². The number of nitrogens with one attached hydrogen (secondary N) is 1. The van der Waals surface area contributed by atoms with Gasteiger partial charge >= 0.3 is 0 Å². The van der Waals surface area contributed by atoms with E-state index < -0.39 is 0 Å². The van der Waals surface area contributed by atoms with E-state index >= 15 is 0 Å². The molecule has 1 aromatic heterocycles. The monoisotopic (exact) mass is 235 g/mol. The minimum Gasteiger partial charge on any atom is -0.308 e. The van der Waals surface area contributed by atoms with Crippen LogP contribution in [-0.2, 0) is 6.54 Å².